The summed E-state index contributed by atoms with van der Waals surface area (Å²) in [7, 11) is 1.29. The van der Waals surface area contributed by atoms with Crippen molar-refractivity contribution in [3.05, 3.63) is 71.4 Å². The van der Waals surface area contributed by atoms with Crippen LogP contribution in [0.25, 0.3) is 22.3 Å². The number of hydrogen-bond donors (Lipinski definition) is 3. The molecular weight excluding hydrogens is 667 g/mol. The lowest BCUT2D eigenvalue weighted by Gasteiger charge is -2.30. The van der Waals surface area contributed by atoms with Crippen molar-refractivity contribution in [2.75, 3.05) is 20.2 Å². The summed E-state index contributed by atoms with van der Waals surface area (Å²) in [5.74, 6) is 9.78. The summed E-state index contributed by atoms with van der Waals surface area (Å²) in [5.41, 5.74) is 5.41. The lowest BCUT2D eigenvalue weighted by molar-refractivity contribution is -0.137. The zero-order valence-electron chi connectivity index (χ0n) is 31.6. The Morgan fingerprint density at radius 1 is 0.849 bits per heavy atom. The summed E-state index contributed by atoms with van der Waals surface area (Å²) in [6.07, 6.45) is 6.35. The van der Waals surface area contributed by atoms with Crippen LogP contribution >= 0.6 is 0 Å². The fourth-order valence-electron chi connectivity index (χ4n) is 7.82. The maximum absolute atomic E-state index is 13.5. The number of nitrogens with one attached hydrogen (secondary N) is 3. The number of fused-ring (bicyclic) bond motifs is 1. The van der Waals surface area contributed by atoms with Crippen molar-refractivity contribution in [2.45, 2.75) is 84.8 Å². The van der Waals surface area contributed by atoms with Crippen LogP contribution in [0.15, 0.2) is 48.7 Å². The SMILES string of the molecule is COC(=O)N[C@H](C(=O)N1CCC[C@H]1c1ncc(-c2ccc(C#Cc3ccc4nc([C@@H]5C[C@@H](C6CC6)CN5C(=O)[C@@H](C)C(C)C)[nH]c4c3)cc2)[nH]1)C(C)C. The van der Waals surface area contributed by atoms with Crippen LogP contribution in [0.2, 0.25) is 0 Å². The number of amides is 3. The van der Waals surface area contributed by atoms with Crippen LogP contribution in [0.4, 0.5) is 4.79 Å². The number of rotatable bonds is 9. The van der Waals surface area contributed by atoms with Gasteiger partial charge in [0.1, 0.15) is 17.7 Å². The highest BCUT2D eigenvalue weighted by Gasteiger charge is 2.45. The van der Waals surface area contributed by atoms with Gasteiger partial charge >= 0.3 is 6.09 Å². The average molecular weight is 718 g/mol. The molecule has 0 radical (unpaired) electrons. The quantitative estimate of drug-likeness (QED) is 0.160. The zero-order chi connectivity index (χ0) is 37.4. The highest BCUT2D eigenvalue weighted by atomic mass is 16.5. The molecule has 11 nitrogen and oxygen atoms in total. The third kappa shape index (κ3) is 7.68. The van der Waals surface area contributed by atoms with Gasteiger partial charge in [-0.1, -0.05) is 58.6 Å². The molecule has 3 N–H and O–H groups in total. The van der Waals surface area contributed by atoms with Gasteiger partial charge in [-0.2, -0.15) is 0 Å². The van der Waals surface area contributed by atoms with Crippen molar-refractivity contribution in [1.82, 2.24) is 35.1 Å². The van der Waals surface area contributed by atoms with Crippen LogP contribution in [0.5, 0.6) is 0 Å². The first kappa shape index (κ1) is 36.3. The molecule has 2 saturated heterocycles. The van der Waals surface area contributed by atoms with E-state index in [0.29, 0.717) is 18.4 Å². The number of imidazole rings is 2. The van der Waals surface area contributed by atoms with E-state index in [9.17, 15) is 14.4 Å². The first-order chi connectivity index (χ1) is 25.5. The van der Waals surface area contributed by atoms with Gasteiger partial charge in [0.25, 0.3) is 0 Å². The van der Waals surface area contributed by atoms with E-state index in [1.807, 2.05) is 68.1 Å². The van der Waals surface area contributed by atoms with E-state index in [1.54, 1.807) is 6.20 Å². The fraction of sp³-hybridized carbons (Fsp3) is 0.500. The van der Waals surface area contributed by atoms with E-state index >= 15 is 0 Å². The number of carbonyl (C=O) groups is 3. The molecule has 4 aromatic rings. The van der Waals surface area contributed by atoms with Crippen LogP contribution in [0.1, 0.15) is 102 Å². The molecule has 2 aromatic carbocycles. The van der Waals surface area contributed by atoms with Gasteiger partial charge in [0, 0.05) is 30.1 Å². The van der Waals surface area contributed by atoms with Crippen LogP contribution in [0, 0.1) is 41.4 Å². The standard InChI is InChI=1S/C42H51N7O4/c1-24(2)26(5)40(50)49-23-31(29-16-17-29)21-36(49)39-44-32-18-13-28(20-33(32)45-39)10-9-27-11-14-30(15-12-27)34-22-43-38(46-34)35-8-7-19-48(35)41(51)37(25(3)4)47-42(52)53-6/h11-15,18,20,22,24-26,29,31,35-37H,7-8,16-17,19,21,23H2,1-6H3,(H,43,46)(H,44,45)(H,47,52)/t26-,31+,35-,36-,37-/m0/s1. The second kappa shape index (κ2) is 15.1. The van der Waals surface area contributed by atoms with Crippen molar-refractivity contribution < 1.29 is 19.1 Å². The third-order valence-electron chi connectivity index (χ3n) is 11.5. The Bertz CT molecular complexity index is 2030. The number of hydrogen-bond acceptors (Lipinski definition) is 6. The minimum Gasteiger partial charge on any atom is -0.453 e. The third-order valence-corrected chi connectivity index (χ3v) is 11.5. The molecule has 4 heterocycles. The van der Waals surface area contributed by atoms with E-state index in [2.05, 4.69) is 50.9 Å². The van der Waals surface area contributed by atoms with E-state index in [4.69, 9.17) is 9.72 Å². The first-order valence-corrected chi connectivity index (χ1v) is 19.1. The Kier molecular flexibility index (Phi) is 10.3. The molecule has 3 amide bonds. The number of alkyl carbamates (subject to hydrolysis) is 1. The smallest absolute Gasteiger partial charge is 0.407 e. The van der Waals surface area contributed by atoms with Gasteiger partial charge < -0.3 is 29.8 Å². The van der Waals surface area contributed by atoms with E-state index < -0.39 is 12.1 Å². The van der Waals surface area contributed by atoms with Crippen LogP contribution in [-0.4, -0.2) is 73.9 Å². The number of aromatic nitrogens is 4. The molecule has 3 aliphatic rings. The second-order valence-corrected chi connectivity index (χ2v) is 15.8. The van der Waals surface area contributed by atoms with Crippen LogP contribution < -0.4 is 5.32 Å². The molecular formula is C42H51N7O4. The summed E-state index contributed by atoms with van der Waals surface area (Å²) < 4.78 is 4.75. The molecule has 7 rings (SSSR count). The monoisotopic (exact) mass is 717 g/mol. The number of ether oxygens (including phenoxy) is 1. The Labute approximate surface area is 311 Å². The predicted molar refractivity (Wildman–Crippen MR) is 203 cm³/mol. The molecule has 278 valence electrons. The summed E-state index contributed by atoms with van der Waals surface area (Å²) in [4.78, 5) is 59.5. The number of likely N-dealkylation sites (tertiary alicyclic amines) is 2. The maximum atomic E-state index is 13.5. The average Bonchev–Trinajstić information content (AvgIpc) is 3.55. The number of methoxy groups -OCH3 is 1. The predicted octanol–water partition coefficient (Wildman–Crippen LogP) is 6.99. The van der Waals surface area contributed by atoms with E-state index in [1.165, 1.54) is 20.0 Å². The molecule has 53 heavy (non-hydrogen) atoms. The Hall–Kier alpha value is -5.11. The van der Waals surface area contributed by atoms with Crippen LogP contribution in [-0.2, 0) is 14.3 Å². The number of aromatic amines is 2. The van der Waals surface area contributed by atoms with Gasteiger partial charge in [-0.25, -0.2) is 14.8 Å². The molecule has 0 bridgehead atoms. The lowest BCUT2D eigenvalue weighted by atomic mass is 9.96. The second-order valence-electron chi connectivity index (χ2n) is 15.8. The Morgan fingerprint density at radius 3 is 2.28 bits per heavy atom. The van der Waals surface area contributed by atoms with Crippen molar-refractivity contribution in [3.63, 3.8) is 0 Å². The maximum Gasteiger partial charge on any atom is 0.407 e. The highest BCUT2D eigenvalue weighted by Crippen LogP contribution is 2.47. The van der Waals surface area contributed by atoms with Gasteiger partial charge in [0.2, 0.25) is 11.8 Å². The normalized spacial score (nSPS) is 21.2. The minimum absolute atomic E-state index is 0.0188. The fourth-order valence-corrected chi connectivity index (χ4v) is 7.82. The lowest BCUT2D eigenvalue weighted by Crippen LogP contribution is -2.51. The minimum atomic E-state index is -0.678. The van der Waals surface area contributed by atoms with Gasteiger partial charge in [-0.05, 0) is 91.7 Å². The Morgan fingerprint density at radius 2 is 1.58 bits per heavy atom. The van der Waals surface area contributed by atoms with Gasteiger partial charge in [-0.15, -0.1) is 0 Å². The first-order valence-electron chi connectivity index (χ1n) is 19.1. The van der Waals surface area contributed by atoms with Crippen molar-refractivity contribution in [3.8, 4) is 23.1 Å². The number of carbonyl (C=O) groups excluding carboxylic acids is 3. The summed E-state index contributed by atoms with van der Waals surface area (Å²) >= 11 is 0. The molecule has 0 spiro atoms. The zero-order valence-corrected chi connectivity index (χ0v) is 31.6. The Balaban J connectivity index is 1.03. The van der Waals surface area contributed by atoms with Crippen molar-refractivity contribution in [2.24, 2.45) is 29.6 Å². The van der Waals surface area contributed by atoms with E-state index in [0.717, 1.165) is 76.8 Å². The largest absolute Gasteiger partial charge is 0.453 e. The van der Waals surface area contributed by atoms with Crippen molar-refractivity contribution in [1.29, 1.82) is 0 Å². The number of H-pyrrole nitrogens is 2. The molecule has 0 unspecified atom stereocenters. The topological polar surface area (TPSA) is 136 Å². The van der Waals surface area contributed by atoms with E-state index in [-0.39, 0.29) is 35.7 Å². The molecule has 2 aliphatic heterocycles. The van der Waals surface area contributed by atoms with Gasteiger partial charge in [-0.3, -0.25) is 9.59 Å². The van der Waals surface area contributed by atoms with Crippen LogP contribution in [0.3, 0.4) is 0 Å². The highest BCUT2D eigenvalue weighted by molar-refractivity contribution is 5.86. The number of nitrogens with zero attached hydrogens (tertiary/aromatic N) is 4. The summed E-state index contributed by atoms with van der Waals surface area (Å²) in [6.45, 7) is 11.5. The van der Waals surface area contributed by atoms with Crippen molar-refractivity contribution >= 4 is 28.9 Å². The van der Waals surface area contributed by atoms with Gasteiger partial charge in [0.15, 0.2) is 0 Å². The number of benzene rings is 2. The molecule has 1 saturated carbocycles. The summed E-state index contributed by atoms with van der Waals surface area (Å²) in [6, 6.07) is 13.2. The van der Waals surface area contributed by atoms with Gasteiger partial charge in [0.05, 0.1) is 42.1 Å². The molecule has 5 atom stereocenters. The molecule has 11 heteroatoms. The molecule has 1 aliphatic carbocycles. The molecule has 2 aromatic heterocycles. The summed E-state index contributed by atoms with van der Waals surface area (Å²) in [5, 5.41) is 2.70. The molecule has 3 fully saturated rings.